The highest BCUT2D eigenvalue weighted by Crippen LogP contribution is 2.17. The Morgan fingerprint density at radius 3 is 1.79 bits per heavy atom. The van der Waals surface area contributed by atoms with Crippen LogP contribution >= 0.6 is 0 Å². The lowest BCUT2D eigenvalue weighted by Gasteiger charge is -2.10. The summed E-state index contributed by atoms with van der Waals surface area (Å²) in [6.07, 6.45) is -0.0989. The lowest BCUT2D eigenvalue weighted by Crippen LogP contribution is -2.22. The molecule has 0 unspecified atom stereocenters. The zero-order chi connectivity index (χ0) is 20.7. The third-order valence-corrected chi connectivity index (χ3v) is 4.25. The molecule has 2 rings (SSSR count). The number of amides is 2. The quantitative estimate of drug-likeness (QED) is 0.713. The molecule has 6 heteroatoms. The molecule has 2 aromatic rings. The number of hydrogen-bond donors (Lipinski definition) is 2. The smallest absolute Gasteiger partial charge is 0.306 e. The Bertz CT molecular complexity index is 819. The van der Waals surface area contributed by atoms with Crippen LogP contribution in [0.3, 0.4) is 0 Å². The van der Waals surface area contributed by atoms with Crippen molar-refractivity contribution >= 4 is 29.2 Å². The van der Waals surface area contributed by atoms with Gasteiger partial charge in [-0.3, -0.25) is 14.4 Å². The molecule has 2 aromatic carbocycles. The van der Waals surface area contributed by atoms with Gasteiger partial charge in [0, 0.05) is 17.8 Å². The highest BCUT2D eigenvalue weighted by atomic mass is 16.5. The van der Waals surface area contributed by atoms with Crippen LogP contribution in [0.4, 0.5) is 11.4 Å². The molecule has 28 heavy (non-hydrogen) atoms. The number of benzene rings is 2. The monoisotopic (exact) mass is 382 g/mol. The number of carbonyl (C=O) groups is 3. The summed E-state index contributed by atoms with van der Waals surface area (Å²) < 4.78 is 4.96. The molecule has 0 saturated heterocycles. The molecule has 0 aliphatic carbocycles. The second-order valence-electron chi connectivity index (χ2n) is 6.89. The maximum atomic E-state index is 12.0. The second-order valence-corrected chi connectivity index (χ2v) is 6.89. The molecule has 6 nitrogen and oxygen atoms in total. The highest BCUT2D eigenvalue weighted by Gasteiger charge is 2.12. The number of aryl methyl sites for hydroxylation is 4. The molecule has 2 amide bonds. The van der Waals surface area contributed by atoms with Gasteiger partial charge in [-0.1, -0.05) is 24.3 Å². The first-order chi connectivity index (χ1) is 13.2. The first kappa shape index (κ1) is 21.2. The molecular weight excluding hydrogens is 356 g/mol. The van der Waals surface area contributed by atoms with Gasteiger partial charge in [0.05, 0.1) is 6.42 Å². The molecule has 0 heterocycles. The summed E-state index contributed by atoms with van der Waals surface area (Å²) in [5, 5.41) is 5.51. The standard InChI is InChI=1S/C22H26N2O4/c1-14-5-7-16(3)18(11-14)23-20(25)9-10-22(27)28-13-21(26)24-19-12-15(2)6-8-17(19)4/h5-8,11-12H,9-10,13H2,1-4H3,(H,23,25)(H,24,26). The summed E-state index contributed by atoms with van der Waals surface area (Å²) in [4.78, 5) is 35.8. The number of carbonyl (C=O) groups excluding carboxylic acids is 3. The van der Waals surface area contributed by atoms with E-state index in [0.29, 0.717) is 5.69 Å². The molecule has 0 saturated carbocycles. The minimum atomic E-state index is -0.591. The Hall–Kier alpha value is -3.15. The average molecular weight is 382 g/mol. The maximum absolute atomic E-state index is 12.0. The van der Waals surface area contributed by atoms with E-state index in [4.69, 9.17) is 4.74 Å². The molecule has 0 fully saturated rings. The van der Waals surface area contributed by atoms with E-state index in [1.807, 2.05) is 64.1 Å². The summed E-state index contributed by atoms with van der Waals surface area (Å²) in [5.74, 6) is -1.28. The largest absolute Gasteiger partial charge is 0.456 e. The van der Waals surface area contributed by atoms with Gasteiger partial charge in [-0.25, -0.2) is 0 Å². The van der Waals surface area contributed by atoms with Gasteiger partial charge in [-0.15, -0.1) is 0 Å². The molecule has 0 bridgehead atoms. The zero-order valence-corrected chi connectivity index (χ0v) is 16.7. The number of nitrogens with one attached hydrogen (secondary N) is 2. The summed E-state index contributed by atoms with van der Waals surface area (Å²) >= 11 is 0. The molecule has 0 atom stereocenters. The van der Waals surface area contributed by atoms with Crippen molar-refractivity contribution in [1.29, 1.82) is 0 Å². The van der Waals surface area contributed by atoms with E-state index < -0.39 is 11.9 Å². The van der Waals surface area contributed by atoms with Gasteiger partial charge in [0.1, 0.15) is 0 Å². The normalized spacial score (nSPS) is 10.3. The third-order valence-electron chi connectivity index (χ3n) is 4.25. The molecule has 0 radical (unpaired) electrons. The Labute approximate surface area is 165 Å². The van der Waals surface area contributed by atoms with E-state index in [1.165, 1.54) is 0 Å². The zero-order valence-electron chi connectivity index (χ0n) is 16.7. The minimum absolute atomic E-state index is 0.00910. The molecule has 2 N–H and O–H groups in total. The number of rotatable bonds is 7. The number of ether oxygens (including phenoxy) is 1. The van der Waals surface area contributed by atoms with Crippen LogP contribution in [0.1, 0.15) is 35.1 Å². The number of esters is 1. The van der Waals surface area contributed by atoms with E-state index in [1.54, 1.807) is 0 Å². The van der Waals surface area contributed by atoms with Crippen LogP contribution in [0.25, 0.3) is 0 Å². The van der Waals surface area contributed by atoms with Gasteiger partial charge in [0.25, 0.3) is 5.91 Å². The van der Waals surface area contributed by atoms with Crippen molar-refractivity contribution in [3.05, 3.63) is 58.7 Å². The second kappa shape index (κ2) is 9.69. The van der Waals surface area contributed by atoms with Crippen LogP contribution in [0, 0.1) is 27.7 Å². The van der Waals surface area contributed by atoms with Crippen LogP contribution in [0.5, 0.6) is 0 Å². The first-order valence-electron chi connectivity index (χ1n) is 9.14. The first-order valence-corrected chi connectivity index (χ1v) is 9.14. The van der Waals surface area contributed by atoms with Crippen molar-refractivity contribution in [2.24, 2.45) is 0 Å². The molecular formula is C22H26N2O4. The van der Waals surface area contributed by atoms with Crippen molar-refractivity contribution in [1.82, 2.24) is 0 Å². The van der Waals surface area contributed by atoms with Crippen molar-refractivity contribution in [2.45, 2.75) is 40.5 Å². The summed E-state index contributed by atoms with van der Waals surface area (Å²) in [5.41, 5.74) is 5.35. The van der Waals surface area contributed by atoms with E-state index >= 15 is 0 Å². The van der Waals surface area contributed by atoms with Crippen LogP contribution in [0.2, 0.25) is 0 Å². The third kappa shape index (κ3) is 6.54. The molecule has 0 aliphatic rings. The van der Waals surface area contributed by atoms with Gasteiger partial charge in [-0.2, -0.15) is 0 Å². The minimum Gasteiger partial charge on any atom is -0.456 e. The fraction of sp³-hybridized carbons (Fsp3) is 0.318. The van der Waals surface area contributed by atoms with Gasteiger partial charge in [0.15, 0.2) is 6.61 Å². The highest BCUT2D eigenvalue weighted by molar-refractivity contribution is 5.95. The van der Waals surface area contributed by atoms with E-state index in [0.717, 1.165) is 27.9 Å². The van der Waals surface area contributed by atoms with Gasteiger partial charge in [-0.05, 0) is 62.1 Å². The van der Waals surface area contributed by atoms with Crippen LogP contribution in [-0.2, 0) is 19.1 Å². The van der Waals surface area contributed by atoms with Crippen molar-refractivity contribution in [3.63, 3.8) is 0 Å². The van der Waals surface area contributed by atoms with E-state index in [-0.39, 0.29) is 25.4 Å². The Kier molecular flexibility index (Phi) is 7.32. The number of anilines is 2. The fourth-order valence-corrected chi connectivity index (χ4v) is 2.57. The van der Waals surface area contributed by atoms with E-state index in [2.05, 4.69) is 10.6 Å². The maximum Gasteiger partial charge on any atom is 0.306 e. The topological polar surface area (TPSA) is 84.5 Å². The molecule has 0 aliphatic heterocycles. The van der Waals surface area contributed by atoms with Crippen molar-refractivity contribution in [2.75, 3.05) is 17.2 Å². The Balaban J connectivity index is 1.74. The van der Waals surface area contributed by atoms with Crippen molar-refractivity contribution in [3.8, 4) is 0 Å². The lowest BCUT2D eigenvalue weighted by atomic mass is 10.1. The van der Waals surface area contributed by atoms with Gasteiger partial charge < -0.3 is 15.4 Å². The molecule has 0 aromatic heterocycles. The van der Waals surface area contributed by atoms with Crippen LogP contribution in [0.15, 0.2) is 36.4 Å². The van der Waals surface area contributed by atoms with Crippen LogP contribution < -0.4 is 10.6 Å². The van der Waals surface area contributed by atoms with E-state index in [9.17, 15) is 14.4 Å². The Morgan fingerprint density at radius 1 is 0.750 bits per heavy atom. The van der Waals surface area contributed by atoms with Crippen molar-refractivity contribution < 1.29 is 19.1 Å². The average Bonchev–Trinajstić information content (AvgIpc) is 2.64. The summed E-state index contributed by atoms with van der Waals surface area (Å²) in [6, 6.07) is 11.5. The fourth-order valence-electron chi connectivity index (χ4n) is 2.57. The lowest BCUT2D eigenvalue weighted by molar-refractivity contribution is -0.147. The van der Waals surface area contributed by atoms with Crippen LogP contribution in [-0.4, -0.2) is 24.4 Å². The van der Waals surface area contributed by atoms with Gasteiger partial charge in [0.2, 0.25) is 5.91 Å². The molecule has 148 valence electrons. The Morgan fingerprint density at radius 2 is 1.25 bits per heavy atom. The predicted octanol–water partition coefficient (Wildman–Crippen LogP) is 3.82. The summed E-state index contributed by atoms with van der Waals surface area (Å²) in [6.45, 7) is 7.27. The SMILES string of the molecule is Cc1ccc(C)c(NC(=O)CCC(=O)OCC(=O)Nc2cc(C)ccc2C)c1. The number of hydrogen-bond acceptors (Lipinski definition) is 4. The summed E-state index contributed by atoms with van der Waals surface area (Å²) in [7, 11) is 0. The van der Waals surface area contributed by atoms with Gasteiger partial charge >= 0.3 is 5.97 Å². The molecule has 0 spiro atoms. The predicted molar refractivity (Wildman–Crippen MR) is 109 cm³/mol.